The Morgan fingerprint density at radius 1 is 1.23 bits per heavy atom. The maximum absolute atomic E-state index is 11.5. The zero-order valence-corrected chi connectivity index (χ0v) is 13.9. The minimum absolute atomic E-state index is 0.147. The van der Waals surface area contributed by atoms with Gasteiger partial charge < -0.3 is 10.1 Å². The molecule has 0 spiro atoms. The lowest BCUT2D eigenvalue weighted by atomic mass is 10.2. The van der Waals surface area contributed by atoms with Crippen LogP contribution in [0.1, 0.15) is 19.5 Å². The summed E-state index contributed by atoms with van der Waals surface area (Å²) in [7, 11) is 0. The van der Waals surface area contributed by atoms with Crippen LogP contribution in [0.2, 0.25) is 0 Å². The molecule has 0 fully saturated rings. The van der Waals surface area contributed by atoms with E-state index >= 15 is 0 Å². The van der Waals surface area contributed by atoms with Gasteiger partial charge in [-0.3, -0.25) is 4.79 Å². The van der Waals surface area contributed by atoms with Gasteiger partial charge in [-0.1, -0.05) is 25.6 Å². The summed E-state index contributed by atoms with van der Waals surface area (Å²) >= 11 is 1.50. The molecule has 1 N–H and O–H groups in total. The highest BCUT2D eigenvalue weighted by molar-refractivity contribution is 7.98. The van der Waals surface area contributed by atoms with Crippen molar-refractivity contribution in [3.05, 3.63) is 36.0 Å². The van der Waals surface area contributed by atoms with E-state index in [1.54, 1.807) is 26.0 Å². The van der Waals surface area contributed by atoms with Gasteiger partial charge in [-0.05, 0) is 37.4 Å². The highest BCUT2D eigenvalue weighted by atomic mass is 32.2. The number of benzene rings is 1. The van der Waals surface area contributed by atoms with Crippen LogP contribution in [0.3, 0.4) is 0 Å². The van der Waals surface area contributed by atoms with Crippen LogP contribution in [-0.4, -0.2) is 22.2 Å². The number of ether oxygens (including phenoxy) is 1. The molecule has 6 heteroatoms. The molecule has 1 heterocycles. The topological polar surface area (TPSA) is 64.1 Å². The molecule has 2 aromatic rings. The summed E-state index contributed by atoms with van der Waals surface area (Å²) in [6, 6.07) is 9.09. The predicted molar refractivity (Wildman–Crippen MR) is 88.7 cm³/mol. The monoisotopic (exact) mass is 317 g/mol. The van der Waals surface area contributed by atoms with Gasteiger partial charge in [-0.25, -0.2) is 9.97 Å². The first-order valence-corrected chi connectivity index (χ1v) is 8.19. The van der Waals surface area contributed by atoms with Gasteiger partial charge in [-0.2, -0.15) is 0 Å². The predicted octanol–water partition coefficient (Wildman–Crippen LogP) is 3.81. The van der Waals surface area contributed by atoms with Crippen molar-refractivity contribution in [2.45, 2.75) is 25.9 Å². The highest BCUT2D eigenvalue weighted by Gasteiger charge is 2.09. The van der Waals surface area contributed by atoms with Crippen molar-refractivity contribution >= 4 is 29.2 Å². The summed E-state index contributed by atoms with van der Waals surface area (Å²) in [5, 5.41) is 3.94. The van der Waals surface area contributed by atoms with Crippen LogP contribution in [0.15, 0.2) is 35.5 Å². The van der Waals surface area contributed by atoms with Crippen LogP contribution in [0.25, 0.3) is 0 Å². The molecule has 5 nitrogen and oxygen atoms in total. The van der Waals surface area contributed by atoms with E-state index in [9.17, 15) is 4.79 Å². The fraction of sp³-hybridized carbons (Fsp3) is 0.312. The maximum Gasteiger partial charge on any atom is 0.313 e. The van der Waals surface area contributed by atoms with E-state index < -0.39 is 0 Å². The zero-order chi connectivity index (χ0) is 16.1. The Bertz CT molecular complexity index is 657. The number of anilines is 2. The second-order valence-corrected chi connectivity index (χ2v) is 5.88. The smallest absolute Gasteiger partial charge is 0.313 e. The lowest BCUT2D eigenvalue weighted by Gasteiger charge is -2.09. The number of thioether (sulfide) groups is 1. The lowest BCUT2D eigenvalue weighted by molar-refractivity contribution is -0.137. The number of nitrogens with one attached hydrogen (secondary N) is 1. The van der Waals surface area contributed by atoms with Crippen LogP contribution in [0.4, 0.5) is 11.5 Å². The van der Waals surface area contributed by atoms with Crippen molar-refractivity contribution in [3.8, 4) is 5.75 Å². The SMILES string of the molecule is CSc1nc(C)cc(Nc2ccc(OC(=O)C(C)C)cc2)n1. The Hall–Kier alpha value is -2.08. The Kier molecular flexibility index (Phi) is 5.38. The summed E-state index contributed by atoms with van der Waals surface area (Å²) in [6.07, 6.45) is 1.94. The second kappa shape index (κ2) is 7.26. The molecule has 0 atom stereocenters. The molecule has 0 amide bonds. The highest BCUT2D eigenvalue weighted by Crippen LogP contribution is 2.21. The third kappa shape index (κ3) is 4.46. The minimum Gasteiger partial charge on any atom is -0.426 e. The number of hydrogen-bond acceptors (Lipinski definition) is 6. The van der Waals surface area contributed by atoms with Crippen molar-refractivity contribution in [1.29, 1.82) is 0 Å². The normalized spacial score (nSPS) is 10.6. The van der Waals surface area contributed by atoms with Crippen LogP contribution in [-0.2, 0) is 4.79 Å². The van der Waals surface area contributed by atoms with Crippen molar-refractivity contribution in [1.82, 2.24) is 9.97 Å². The molecule has 2 rings (SSSR count). The Morgan fingerprint density at radius 3 is 2.50 bits per heavy atom. The molecule has 0 aliphatic carbocycles. The number of aryl methyl sites for hydroxylation is 1. The fourth-order valence-electron chi connectivity index (χ4n) is 1.68. The molecule has 0 aliphatic rings. The molecule has 116 valence electrons. The number of nitrogens with zero attached hydrogens (tertiary/aromatic N) is 2. The Balaban J connectivity index is 2.08. The second-order valence-electron chi connectivity index (χ2n) is 5.11. The van der Waals surface area contributed by atoms with Crippen molar-refractivity contribution in [2.75, 3.05) is 11.6 Å². The minimum atomic E-state index is -0.239. The summed E-state index contributed by atoms with van der Waals surface area (Å²) < 4.78 is 5.24. The van der Waals surface area contributed by atoms with Gasteiger partial charge in [0.15, 0.2) is 5.16 Å². The molecule has 0 saturated heterocycles. The van der Waals surface area contributed by atoms with E-state index in [-0.39, 0.29) is 11.9 Å². The number of esters is 1. The molecule has 0 saturated carbocycles. The van der Waals surface area contributed by atoms with Crippen LogP contribution in [0.5, 0.6) is 5.75 Å². The largest absolute Gasteiger partial charge is 0.426 e. The van der Waals surface area contributed by atoms with E-state index in [0.29, 0.717) is 5.75 Å². The number of carbonyl (C=O) groups excluding carboxylic acids is 1. The molecule has 22 heavy (non-hydrogen) atoms. The van der Waals surface area contributed by atoms with Gasteiger partial charge in [0.25, 0.3) is 0 Å². The van der Waals surface area contributed by atoms with Crippen LogP contribution < -0.4 is 10.1 Å². The quantitative estimate of drug-likeness (QED) is 0.391. The average Bonchev–Trinajstić information content (AvgIpc) is 2.48. The van der Waals surface area contributed by atoms with E-state index in [1.165, 1.54) is 11.8 Å². The molecule has 1 aromatic heterocycles. The van der Waals surface area contributed by atoms with Crippen LogP contribution in [0, 0.1) is 12.8 Å². The molecule has 0 aliphatic heterocycles. The summed E-state index contributed by atoms with van der Waals surface area (Å²) in [4.78, 5) is 20.2. The first-order valence-electron chi connectivity index (χ1n) is 6.96. The van der Waals surface area contributed by atoms with Gasteiger partial charge in [0.2, 0.25) is 0 Å². The number of rotatable bonds is 5. The lowest BCUT2D eigenvalue weighted by Crippen LogP contribution is -2.14. The van der Waals surface area contributed by atoms with Gasteiger partial charge in [0, 0.05) is 17.4 Å². The van der Waals surface area contributed by atoms with Crippen molar-refractivity contribution in [2.24, 2.45) is 5.92 Å². The maximum atomic E-state index is 11.5. The molecular formula is C16H19N3O2S. The molecular weight excluding hydrogens is 298 g/mol. The molecule has 0 bridgehead atoms. The first kappa shape index (κ1) is 16.3. The summed E-state index contributed by atoms with van der Waals surface area (Å²) in [5.41, 5.74) is 1.78. The number of carbonyl (C=O) groups is 1. The Morgan fingerprint density at radius 2 is 1.91 bits per heavy atom. The van der Waals surface area contributed by atoms with Crippen molar-refractivity contribution < 1.29 is 9.53 Å². The summed E-state index contributed by atoms with van der Waals surface area (Å²) in [6.45, 7) is 5.54. The van der Waals surface area contributed by atoms with E-state index in [0.717, 1.165) is 22.4 Å². The third-order valence-corrected chi connectivity index (χ3v) is 3.38. The summed E-state index contributed by atoms with van der Waals surface area (Å²) in [5.74, 6) is 0.889. The van der Waals surface area contributed by atoms with Gasteiger partial charge in [-0.15, -0.1) is 0 Å². The third-order valence-electron chi connectivity index (χ3n) is 2.83. The zero-order valence-electron chi connectivity index (χ0n) is 13.1. The fourth-order valence-corrected chi connectivity index (χ4v) is 2.11. The van der Waals surface area contributed by atoms with Gasteiger partial charge >= 0.3 is 5.97 Å². The standard InChI is InChI=1S/C16H19N3O2S/c1-10(2)15(20)21-13-7-5-12(6-8-13)18-14-9-11(3)17-16(19-14)22-4/h5-10H,1-4H3,(H,17,18,19). The van der Waals surface area contributed by atoms with Crippen molar-refractivity contribution in [3.63, 3.8) is 0 Å². The van der Waals surface area contributed by atoms with Gasteiger partial charge in [0.05, 0.1) is 5.92 Å². The number of hydrogen-bond donors (Lipinski definition) is 1. The van der Waals surface area contributed by atoms with E-state index in [4.69, 9.17) is 4.74 Å². The average molecular weight is 317 g/mol. The van der Waals surface area contributed by atoms with Crippen LogP contribution >= 0.6 is 11.8 Å². The first-order chi connectivity index (χ1) is 10.5. The molecule has 0 unspecified atom stereocenters. The van der Waals surface area contributed by atoms with E-state index in [1.807, 2.05) is 31.4 Å². The Labute approximate surface area is 134 Å². The molecule has 0 radical (unpaired) electrons. The van der Waals surface area contributed by atoms with Gasteiger partial charge in [0.1, 0.15) is 11.6 Å². The molecule has 1 aromatic carbocycles. The number of aromatic nitrogens is 2. The van der Waals surface area contributed by atoms with E-state index in [2.05, 4.69) is 15.3 Å².